The monoisotopic (exact) mass is 442 g/mol. The number of pyridine rings is 1. The number of carbonyl (C=O) groups is 1. The molecule has 1 aliphatic rings. The molecule has 0 amide bonds. The maximum absolute atomic E-state index is 14.6. The number of hydrogen-bond donors (Lipinski definition) is 1. The number of aromatic nitrogens is 1. The van der Waals surface area contributed by atoms with Crippen LogP contribution in [0.4, 0.5) is 15.8 Å². The van der Waals surface area contributed by atoms with E-state index in [0.717, 1.165) is 30.1 Å². The van der Waals surface area contributed by atoms with Crippen LogP contribution in [0.2, 0.25) is 0 Å². The van der Waals surface area contributed by atoms with Gasteiger partial charge in [0.25, 0.3) is 0 Å². The molecule has 0 spiro atoms. The molecule has 1 aliphatic carbocycles. The summed E-state index contributed by atoms with van der Waals surface area (Å²) in [5, 5.41) is 3.22. The average molecular weight is 443 g/mol. The van der Waals surface area contributed by atoms with Crippen LogP contribution in [0, 0.1) is 11.7 Å². The van der Waals surface area contributed by atoms with Crippen LogP contribution in [-0.2, 0) is 0 Å². The second-order valence-corrected chi connectivity index (χ2v) is 8.85. The van der Waals surface area contributed by atoms with Crippen molar-refractivity contribution < 1.29 is 9.18 Å². The number of ketones is 1. The third-order valence-corrected chi connectivity index (χ3v) is 6.34. The summed E-state index contributed by atoms with van der Waals surface area (Å²) in [5.74, 6) is 0.661. The number of benzene rings is 2. The first-order chi connectivity index (χ1) is 16.2. The summed E-state index contributed by atoms with van der Waals surface area (Å²) in [5.41, 5.74) is 3.40. The molecule has 1 saturated carbocycles. The number of nitrogens with one attached hydrogen (secondary N) is 1. The molecular weight excluding hydrogens is 411 g/mol. The maximum Gasteiger partial charge on any atom is 0.162 e. The lowest BCUT2D eigenvalue weighted by atomic mass is 9.85. The van der Waals surface area contributed by atoms with Gasteiger partial charge in [0, 0.05) is 35.1 Å². The van der Waals surface area contributed by atoms with E-state index >= 15 is 0 Å². The summed E-state index contributed by atoms with van der Waals surface area (Å²) < 4.78 is 14.6. The van der Waals surface area contributed by atoms with E-state index in [9.17, 15) is 9.18 Å². The fourth-order valence-corrected chi connectivity index (χ4v) is 4.50. The van der Waals surface area contributed by atoms with Crippen molar-refractivity contribution in [2.75, 3.05) is 5.32 Å². The van der Waals surface area contributed by atoms with Gasteiger partial charge in [0.15, 0.2) is 5.78 Å². The quantitative estimate of drug-likeness (QED) is 0.341. The molecule has 33 heavy (non-hydrogen) atoms. The molecule has 0 saturated heterocycles. The van der Waals surface area contributed by atoms with Crippen LogP contribution in [0.5, 0.6) is 0 Å². The minimum Gasteiger partial charge on any atom is -0.355 e. The molecule has 0 atom stereocenters. The summed E-state index contributed by atoms with van der Waals surface area (Å²) in [6.45, 7) is 0. The first-order valence-electron chi connectivity index (χ1n) is 12.0. The molecule has 1 aromatic heterocycles. The minimum atomic E-state index is -0.317. The van der Waals surface area contributed by atoms with Crippen LogP contribution in [0.1, 0.15) is 73.0 Å². The van der Waals surface area contributed by atoms with Crippen molar-refractivity contribution in [3.63, 3.8) is 0 Å². The number of halogens is 1. The number of hydrogen-bond acceptors (Lipinski definition) is 3. The predicted molar refractivity (Wildman–Crippen MR) is 134 cm³/mol. The van der Waals surface area contributed by atoms with Crippen LogP contribution >= 0.6 is 0 Å². The zero-order valence-corrected chi connectivity index (χ0v) is 19.0. The fourth-order valence-electron chi connectivity index (χ4n) is 4.50. The van der Waals surface area contributed by atoms with Crippen molar-refractivity contribution in [3.8, 4) is 0 Å². The lowest BCUT2D eigenvalue weighted by Crippen LogP contribution is -2.07. The minimum absolute atomic E-state index is 0.177. The Labute approximate surface area is 195 Å². The second-order valence-electron chi connectivity index (χ2n) is 8.85. The first kappa shape index (κ1) is 22.9. The lowest BCUT2D eigenvalue weighted by molar-refractivity contribution is 0.0976. The molecule has 4 rings (SSSR count). The Morgan fingerprint density at radius 1 is 0.970 bits per heavy atom. The van der Waals surface area contributed by atoms with Crippen molar-refractivity contribution in [1.82, 2.24) is 4.98 Å². The second kappa shape index (κ2) is 11.6. The summed E-state index contributed by atoms with van der Waals surface area (Å²) in [7, 11) is 0. The van der Waals surface area contributed by atoms with E-state index < -0.39 is 0 Å². The third kappa shape index (κ3) is 6.85. The number of anilines is 2. The zero-order valence-electron chi connectivity index (χ0n) is 19.0. The van der Waals surface area contributed by atoms with Gasteiger partial charge in [-0.05, 0) is 67.0 Å². The highest BCUT2D eigenvalue weighted by Crippen LogP contribution is 2.28. The first-order valence-corrected chi connectivity index (χ1v) is 12.0. The lowest BCUT2D eigenvalue weighted by Gasteiger charge is -2.21. The molecule has 1 heterocycles. The highest BCUT2D eigenvalue weighted by molar-refractivity contribution is 5.97. The molecule has 170 valence electrons. The molecule has 0 radical (unpaired) electrons. The Morgan fingerprint density at radius 2 is 1.82 bits per heavy atom. The van der Waals surface area contributed by atoms with Crippen molar-refractivity contribution in [2.24, 2.45) is 5.92 Å². The molecule has 2 aromatic carbocycles. The normalized spacial score (nSPS) is 14.5. The number of rotatable bonds is 9. The molecule has 0 bridgehead atoms. The Kier molecular flexibility index (Phi) is 8.02. The molecule has 0 unspecified atom stereocenters. The van der Waals surface area contributed by atoms with E-state index in [0.29, 0.717) is 23.2 Å². The highest BCUT2D eigenvalue weighted by atomic mass is 19.1. The van der Waals surface area contributed by atoms with Gasteiger partial charge in [0.05, 0.1) is 5.69 Å². The summed E-state index contributed by atoms with van der Waals surface area (Å²) in [4.78, 5) is 16.9. The SMILES string of the molecule is O=C(CCCC1CCCCC1)c1cccc(Nc2ccc(/C=C/c3ccccn3)c(F)c2)c1. The van der Waals surface area contributed by atoms with Crippen molar-refractivity contribution >= 4 is 29.3 Å². The van der Waals surface area contributed by atoms with Crippen LogP contribution in [0.15, 0.2) is 66.9 Å². The van der Waals surface area contributed by atoms with Gasteiger partial charge in [0.1, 0.15) is 5.82 Å². The Morgan fingerprint density at radius 3 is 2.61 bits per heavy atom. The Balaban J connectivity index is 1.34. The van der Waals surface area contributed by atoms with Gasteiger partial charge in [-0.3, -0.25) is 9.78 Å². The van der Waals surface area contributed by atoms with Crippen LogP contribution in [-0.4, -0.2) is 10.8 Å². The maximum atomic E-state index is 14.6. The standard InChI is InChI=1S/C29H31FN2O/c30-28-21-27(18-16-23(28)15-17-25-12-4-5-19-31-25)32-26-13-7-11-24(20-26)29(33)14-6-10-22-8-2-1-3-9-22/h4-5,7,11-13,15-22,32H,1-3,6,8-10,14H2/b17-15+. The van der Waals surface area contributed by atoms with E-state index in [1.54, 1.807) is 24.4 Å². The highest BCUT2D eigenvalue weighted by Gasteiger charge is 2.14. The Bertz CT molecular complexity index is 1090. The van der Waals surface area contributed by atoms with Crippen molar-refractivity contribution in [3.05, 3.63) is 89.5 Å². The third-order valence-electron chi connectivity index (χ3n) is 6.34. The van der Waals surface area contributed by atoms with Crippen LogP contribution < -0.4 is 5.32 Å². The van der Waals surface area contributed by atoms with Crippen LogP contribution in [0.3, 0.4) is 0 Å². The van der Waals surface area contributed by atoms with Gasteiger partial charge in [-0.15, -0.1) is 0 Å². The van der Waals surface area contributed by atoms with Crippen molar-refractivity contribution in [1.29, 1.82) is 0 Å². The summed E-state index contributed by atoms with van der Waals surface area (Å²) in [6.07, 6.45) is 14.6. The smallest absolute Gasteiger partial charge is 0.162 e. The molecule has 1 fully saturated rings. The Hall–Kier alpha value is -3.27. The number of Topliss-reactive ketones (excluding diaryl/α,β-unsaturated/α-hetero) is 1. The van der Waals surface area contributed by atoms with E-state index in [4.69, 9.17) is 0 Å². The molecule has 1 N–H and O–H groups in total. The van der Waals surface area contributed by atoms with E-state index in [2.05, 4.69) is 10.3 Å². The molecule has 3 nitrogen and oxygen atoms in total. The fraction of sp³-hybridized carbons (Fsp3) is 0.310. The van der Waals surface area contributed by atoms with Crippen LogP contribution in [0.25, 0.3) is 12.2 Å². The number of nitrogens with zero attached hydrogens (tertiary/aromatic N) is 1. The molecule has 3 aromatic rings. The largest absolute Gasteiger partial charge is 0.355 e. The average Bonchev–Trinajstić information content (AvgIpc) is 2.85. The van der Waals surface area contributed by atoms with Gasteiger partial charge in [-0.25, -0.2) is 4.39 Å². The van der Waals surface area contributed by atoms with Gasteiger partial charge in [-0.1, -0.05) is 56.7 Å². The van der Waals surface area contributed by atoms with Gasteiger partial charge in [-0.2, -0.15) is 0 Å². The molecule has 0 aliphatic heterocycles. The van der Waals surface area contributed by atoms with E-state index in [-0.39, 0.29) is 11.6 Å². The molecule has 4 heteroatoms. The summed E-state index contributed by atoms with van der Waals surface area (Å²) >= 11 is 0. The van der Waals surface area contributed by atoms with Gasteiger partial charge < -0.3 is 5.32 Å². The van der Waals surface area contributed by atoms with Gasteiger partial charge >= 0.3 is 0 Å². The number of carbonyl (C=O) groups excluding carboxylic acids is 1. The molecular formula is C29H31FN2O. The predicted octanol–water partition coefficient (Wildman–Crippen LogP) is 8.07. The topological polar surface area (TPSA) is 42.0 Å². The zero-order chi connectivity index (χ0) is 22.9. The van der Waals surface area contributed by atoms with E-state index in [1.165, 1.54) is 38.2 Å². The van der Waals surface area contributed by atoms with Crippen molar-refractivity contribution in [2.45, 2.75) is 51.4 Å². The van der Waals surface area contributed by atoms with E-state index in [1.807, 2.05) is 48.5 Å². The van der Waals surface area contributed by atoms with Gasteiger partial charge in [0.2, 0.25) is 0 Å². The summed E-state index contributed by atoms with van der Waals surface area (Å²) in [6, 6.07) is 18.1.